The van der Waals surface area contributed by atoms with E-state index in [1.54, 1.807) is 0 Å². The highest BCUT2D eigenvalue weighted by Crippen LogP contribution is 2.28. The Bertz CT molecular complexity index is 605. The number of phenolic OH excluding ortho intramolecular Hbond substituents is 1. The van der Waals surface area contributed by atoms with Gasteiger partial charge in [0.05, 0.1) is 5.92 Å². The first-order valence-corrected chi connectivity index (χ1v) is 6.31. The smallest absolute Gasteiger partial charge is 0.311 e. The molecule has 0 aromatic heterocycles. The van der Waals surface area contributed by atoms with Crippen molar-refractivity contribution in [2.24, 2.45) is 0 Å². The van der Waals surface area contributed by atoms with Crippen molar-refractivity contribution >= 4 is 17.6 Å². The van der Waals surface area contributed by atoms with Crippen molar-refractivity contribution in [1.29, 1.82) is 0 Å². The Labute approximate surface area is 120 Å². The second-order valence-corrected chi connectivity index (χ2v) is 4.79. The van der Waals surface area contributed by atoms with E-state index in [0.717, 1.165) is 0 Å². The largest absolute Gasteiger partial charge is 0.508 e. The summed E-state index contributed by atoms with van der Waals surface area (Å²) in [4.78, 5) is 11.4. The molecule has 2 N–H and O–H groups in total. The molecule has 0 spiro atoms. The van der Waals surface area contributed by atoms with E-state index in [4.69, 9.17) is 11.6 Å². The van der Waals surface area contributed by atoms with Gasteiger partial charge in [-0.25, -0.2) is 4.39 Å². The normalized spacial score (nSPS) is 12.1. The number of hydrogen-bond acceptors (Lipinski definition) is 2. The lowest BCUT2D eigenvalue weighted by atomic mass is 9.92. The van der Waals surface area contributed by atoms with Gasteiger partial charge in [-0.1, -0.05) is 29.8 Å². The zero-order chi connectivity index (χ0) is 14.7. The number of rotatable bonds is 4. The number of benzene rings is 2. The zero-order valence-electron chi connectivity index (χ0n) is 10.4. The summed E-state index contributed by atoms with van der Waals surface area (Å²) in [7, 11) is 0. The summed E-state index contributed by atoms with van der Waals surface area (Å²) in [5, 5.41) is 18.7. The van der Waals surface area contributed by atoms with E-state index in [-0.39, 0.29) is 22.8 Å². The Balaban J connectivity index is 2.35. The fourth-order valence-electron chi connectivity index (χ4n) is 1.99. The van der Waals surface area contributed by atoms with Gasteiger partial charge in [-0.05, 0) is 36.2 Å². The number of halogens is 2. The molecule has 2 aromatic rings. The summed E-state index contributed by atoms with van der Waals surface area (Å²) in [5.74, 6) is -2.48. The third-order valence-corrected chi connectivity index (χ3v) is 3.42. The number of carbonyl (C=O) groups is 1. The maximum absolute atomic E-state index is 13.7. The van der Waals surface area contributed by atoms with Crippen molar-refractivity contribution in [2.45, 2.75) is 12.3 Å². The van der Waals surface area contributed by atoms with E-state index >= 15 is 0 Å². The number of carboxylic acid groups (broad SMARTS) is 1. The van der Waals surface area contributed by atoms with E-state index < -0.39 is 17.7 Å². The molecule has 104 valence electrons. The molecule has 0 aliphatic heterocycles. The molecule has 20 heavy (non-hydrogen) atoms. The molecule has 0 radical (unpaired) electrons. The summed E-state index contributed by atoms with van der Waals surface area (Å²) in [6.45, 7) is 0. The highest BCUT2D eigenvalue weighted by molar-refractivity contribution is 6.31. The lowest BCUT2D eigenvalue weighted by Gasteiger charge is -2.14. The molecule has 3 nitrogen and oxygen atoms in total. The van der Waals surface area contributed by atoms with Crippen LogP contribution in [0.4, 0.5) is 4.39 Å². The first-order valence-electron chi connectivity index (χ1n) is 5.93. The Kier molecular flexibility index (Phi) is 4.25. The Morgan fingerprint density at radius 2 is 1.85 bits per heavy atom. The van der Waals surface area contributed by atoms with E-state index in [9.17, 15) is 19.4 Å². The summed E-state index contributed by atoms with van der Waals surface area (Å²) in [6, 6.07) is 10.0. The van der Waals surface area contributed by atoms with Gasteiger partial charge in [0.2, 0.25) is 0 Å². The topological polar surface area (TPSA) is 57.5 Å². The van der Waals surface area contributed by atoms with Crippen molar-refractivity contribution in [2.75, 3.05) is 0 Å². The van der Waals surface area contributed by atoms with Crippen LogP contribution in [0.15, 0.2) is 42.5 Å². The molecule has 0 aliphatic carbocycles. The van der Waals surface area contributed by atoms with Crippen LogP contribution in [0.1, 0.15) is 17.0 Å². The minimum absolute atomic E-state index is 0.0433. The molecule has 0 heterocycles. The number of phenols is 1. The molecule has 5 heteroatoms. The zero-order valence-corrected chi connectivity index (χ0v) is 11.1. The van der Waals surface area contributed by atoms with Crippen LogP contribution < -0.4 is 0 Å². The number of hydrogen-bond donors (Lipinski definition) is 2. The van der Waals surface area contributed by atoms with E-state index in [1.807, 2.05) is 0 Å². The SMILES string of the molecule is O=C(O)C(Cc1c(F)cccc1Cl)c1ccc(O)cc1. The molecule has 2 aromatic carbocycles. The third kappa shape index (κ3) is 3.08. The Morgan fingerprint density at radius 1 is 1.20 bits per heavy atom. The highest BCUT2D eigenvalue weighted by atomic mass is 35.5. The number of aromatic hydroxyl groups is 1. The highest BCUT2D eigenvalue weighted by Gasteiger charge is 2.23. The fourth-order valence-corrected chi connectivity index (χ4v) is 2.23. The van der Waals surface area contributed by atoms with Crippen LogP contribution in [0, 0.1) is 5.82 Å². The van der Waals surface area contributed by atoms with Crippen molar-refractivity contribution in [3.63, 3.8) is 0 Å². The second kappa shape index (κ2) is 5.92. The van der Waals surface area contributed by atoms with Gasteiger partial charge in [0.1, 0.15) is 11.6 Å². The van der Waals surface area contributed by atoms with Gasteiger partial charge in [-0.2, -0.15) is 0 Å². The van der Waals surface area contributed by atoms with Crippen LogP contribution in [-0.2, 0) is 11.2 Å². The van der Waals surface area contributed by atoms with Crippen molar-refractivity contribution in [1.82, 2.24) is 0 Å². The van der Waals surface area contributed by atoms with Gasteiger partial charge < -0.3 is 10.2 Å². The molecule has 0 fully saturated rings. The summed E-state index contributed by atoms with van der Waals surface area (Å²) < 4.78 is 13.7. The lowest BCUT2D eigenvalue weighted by molar-refractivity contribution is -0.138. The van der Waals surface area contributed by atoms with Crippen LogP contribution in [0.2, 0.25) is 5.02 Å². The van der Waals surface area contributed by atoms with Crippen molar-refractivity contribution in [3.8, 4) is 5.75 Å². The van der Waals surface area contributed by atoms with Crippen molar-refractivity contribution < 1.29 is 19.4 Å². The predicted octanol–water partition coefficient (Wildman–Crippen LogP) is 3.60. The minimum Gasteiger partial charge on any atom is -0.508 e. The van der Waals surface area contributed by atoms with Crippen LogP contribution in [0.5, 0.6) is 5.75 Å². The molecular formula is C15H12ClFO3. The summed E-state index contributed by atoms with van der Waals surface area (Å²) in [5.41, 5.74) is 0.657. The molecule has 1 unspecified atom stereocenters. The Hall–Kier alpha value is -2.07. The van der Waals surface area contributed by atoms with E-state index in [2.05, 4.69) is 0 Å². The Morgan fingerprint density at radius 3 is 2.40 bits per heavy atom. The summed E-state index contributed by atoms with van der Waals surface area (Å²) in [6.07, 6.45) is -0.0500. The monoisotopic (exact) mass is 294 g/mol. The first kappa shape index (κ1) is 14.3. The standard InChI is InChI=1S/C15H12ClFO3/c16-13-2-1-3-14(17)12(13)8-11(15(19)20)9-4-6-10(18)7-5-9/h1-7,11,18H,8H2,(H,19,20). The maximum Gasteiger partial charge on any atom is 0.311 e. The average molecular weight is 295 g/mol. The van der Waals surface area contributed by atoms with Crippen molar-refractivity contribution in [3.05, 3.63) is 64.4 Å². The maximum atomic E-state index is 13.7. The molecule has 0 saturated carbocycles. The molecule has 0 aliphatic rings. The average Bonchev–Trinajstić information content (AvgIpc) is 2.39. The number of aliphatic carboxylic acids is 1. The van der Waals surface area contributed by atoms with Gasteiger partial charge >= 0.3 is 5.97 Å². The van der Waals surface area contributed by atoms with Crippen LogP contribution in [0.3, 0.4) is 0 Å². The quantitative estimate of drug-likeness (QED) is 0.906. The minimum atomic E-state index is -1.07. The molecule has 2 rings (SSSR count). The van der Waals surface area contributed by atoms with E-state index in [1.165, 1.54) is 42.5 Å². The lowest BCUT2D eigenvalue weighted by Crippen LogP contribution is -2.15. The molecular weight excluding hydrogens is 283 g/mol. The summed E-state index contributed by atoms with van der Waals surface area (Å²) >= 11 is 5.92. The second-order valence-electron chi connectivity index (χ2n) is 4.39. The third-order valence-electron chi connectivity index (χ3n) is 3.06. The van der Waals surface area contributed by atoms with Gasteiger partial charge in [0, 0.05) is 10.6 Å². The van der Waals surface area contributed by atoms with Crippen LogP contribution >= 0.6 is 11.6 Å². The van der Waals surface area contributed by atoms with Crippen LogP contribution in [0.25, 0.3) is 0 Å². The first-order chi connectivity index (χ1) is 9.49. The van der Waals surface area contributed by atoms with E-state index in [0.29, 0.717) is 5.56 Å². The molecule has 0 bridgehead atoms. The number of carboxylic acids is 1. The van der Waals surface area contributed by atoms with Gasteiger partial charge in [0.25, 0.3) is 0 Å². The fraction of sp³-hybridized carbons (Fsp3) is 0.133. The van der Waals surface area contributed by atoms with Gasteiger partial charge in [0.15, 0.2) is 0 Å². The molecule has 1 atom stereocenters. The van der Waals surface area contributed by atoms with Gasteiger partial charge in [-0.3, -0.25) is 4.79 Å². The predicted molar refractivity (Wildman–Crippen MR) is 73.6 cm³/mol. The molecule has 0 saturated heterocycles. The van der Waals surface area contributed by atoms with Crippen LogP contribution in [-0.4, -0.2) is 16.2 Å². The molecule has 0 amide bonds. The van der Waals surface area contributed by atoms with Gasteiger partial charge in [-0.15, -0.1) is 0 Å².